The fourth-order valence-corrected chi connectivity index (χ4v) is 4.95. The minimum absolute atomic E-state index is 0.213. The van der Waals surface area contributed by atoms with Crippen LogP contribution in [0.3, 0.4) is 0 Å². The molecule has 164 valence electrons. The summed E-state index contributed by atoms with van der Waals surface area (Å²) in [6.07, 6.45) is -1.14. The number of hydrogen-bond acceptors (Lipinski definition) is 7. The molecule has 1 aromatic carbocycles. The van der Waals surface area contributed by atoms with Gasteiger partial charge in [-0.15, -0.1) is 11.8 Å². The Morgan fingerprint density at radius 1 is 1.43 bits per heavy atom. The summed E-state index contributed by atoms with van der Waals surface area (Å²) in [6.45, 7) is 3.95. The molecule has 2 aliphatic heterocycles. The number of nitrogens with zero attached hydrogens (tertiary/aromatic N) is 2. The van der Waals surface area contributed by atoms with E-state index in [-0.39, 0.29) is 29.4 Å². The Morgan fingerprint density at radius 3 is 2.73 bits per heavy atom. The molecule has 7 nitrogen and oxygen atoms in total. The molecule has 3 atom stereocenters. The highest BCUT2D eigenvalue weighted by atomic mass is 32.2. The van der Waals surface area contributed by atoms with Crippen LogP contribution in [0, 0.1) is 27.7 Å². The molecule has 0 amide bonds. The van der Waals surface area contributed by atoms with Gasteiger partial charge in [0.15, 0.2) is 11.6 Å². The molecule has 1 saturated heterocycles. The molecule has 0 bridgehead atoms. The number of carbonyl (C=O) groups is 1. The van der Waals surface area contributed by atoms with E-state index in [1.165, 1.54) is 11.8 Å². The average Bonchev–Trinajstić information content (AvgIpc) is 3.00. The smallest absolute Gasteiger partial charge is 0.312 e. The second-order valence-corrected chi connectivity index (χ2v) is 9.25. The van der Waals surface area contributed by atoms with E-state index in [2.05, 4.69) is 4.99 Å². The number of nitro benzene ring substituents is 1. The number of nitro groups is 1. The van der Waals surface area contributed by atoms with E-state index in [1.807, 2.05) is 0 Å². The first-order chi connectivity index (χ1) is 14.0. The van der Waals surface area contributed by atoms with Crippen LogP contribution in [0.5, 0.6) is 0 Å². The van der Waals surface area contributed by atoms with Gasteiger partial charge in [-0.2, -0.15) is 0 Å². The summed E-state index contributed by atoms with van der Waals surface area (Å²) in [6, 6.07) is 1.38. The maximum absolute atomic E-state index is 14.8. The Kier molecular flexibility index (Phi) is 6.15. The highest BCUT2D eigenvalue weighted by Crippen LogP contribution is 2.49. The van der Waals surface area contributed by atoms with Crippen molar-refractivity contribution in [1.29, 1.82) is 0 Å². The van der Waals surface area contributed by atoms with Crippen LogP contribution in [0.15, 0.2) is 17.1 Å². The lowest BCUT2D eigenvalue weighted by molar-refractivity contribution is -0.385. The van der Waals surface area contributed by atoms with Gasteiger partial charge in [-0.3, -0.25) is 19.9 Å². The van der Waals surface area contributed by atoms with Crippen LogP contribution in [0.25, 0.3) is 0 Å². The van der Waals surface area contributed by atoms with Crippen molar-refractivity contribution >= 4 is 28.5 Å². The summed E-state index contributed by atoms with van der Waals surface area (Å²) in [5.41, 5.74) is -3.32. The number of thioether (sulfide) groups is 1. The third kappa shape index (κ3) is 4.31. The summed E-state index contributed by atoms with van der Waals surface area (Å²) in [5.74, 6) is -3.74. The molecule has 0 aromatic heterocycles. The number of hydrogen-bond donors (Lipinski definition) is 0. The summed E-state index contributed by atoms with van der Waals surface area (Å²) in [7, 11) is 0. The Hall–Kier alpha value is -2.14. The van der Waals surface area contributed by atoms with Gasteiger partial charge in [0.2, 0.25) is 0 Å². The Labute approximate surface area is 175 Å². The van der Waals surface area contributed by atoms with Gasteiger partial charge >= 0.3 is 5.97 Å². The molecule has 0 radical (unpaired) electrons. The molecule has 1 fully saturated rings. The minimum atomic E-state index is -1.57. The SMILES string of the molecule is CC(C)(C)OC(=O)CC1=N[C@@]2(c3cc([N+](=O)[O-])cc(F)c3F)CO[C@H](CF)[C@H]2CS1. The van der Waals surface area contributed by atoms with Crippen LogP contribution in [0.2, 0.25) is 0 Å². The predicted octanol–water partition coefficient (Wildman–Crippen LogP) is 3.93. The van der Waals surface area contributed by atoms with Crippen molar-refractivity contribution in [3.05, 3.63) is 39.4 Å². The monoisotopic (exact) mass is 446 g/mol. The van der Waals surface area contributed by atoms with E-state index in [1.54, 1.807) is 20.8 Å². The summed E-state index contributed by atoms with van der Waals surface area (Å²) >= 11 is 1.18. The molecule has 2 heterocycles. The third-order valence-corrected chi connectivity index (χ3v) is 5.99. The predicted molar refractivity (Wildman–Crippen MR) is 104 cm³/mol. The van der Waals surface area contributed by atoms with Crippen LogP contribution in [0.1, 0.15) is 32.8 Å². The molecular weight excluding hydrogens is 425 g/mol. The van der Waals surface area contributed by atoms with E-state index in [0.717, 1.165) is 6.07 Å². The van der Waals surface area contributed by atoms with Crippen molar-refractivity contribution in [3.8, 4) is 0 Å². The molecular formula is C19H21F3N2O5S. The van der Waals surface area contributed by atoms with E-state index >= 15 is 0 Å². The van der Waals surface area contributed by atoms with Crippen molar-refractivity contribution in [1.82, 2.24) is 0 Å². The zero-order chi connectivity index (χ0) is 22.3. The first kappa shape index (κ1) is 22.5. The highest BCUT2D eigenvalue weighted by Gasteiger charge is 2.55. The minimum Gasteiger partial charge on any atom is -0.460 e. The largest absolute Gasteiger partial charge is 0.460 e. The van der Waals surface area contributed by atoms with Crippen LogP contribution in [-0.2, 0) is 19.8 Å². The fourth-order valence-electron chi connectivity index (χ4n) is 3.64. The third-order valence-electron chi connectivity index (χ3n) is 4.89. The Balaban J connectivity index is 2.07. The lowest BCUT2D eigenvalue weighted by atomic mass is 9.78. The maximum atomic E-state index is 14.8. The zero-order valence-electron chi connectivity index (χ0n) is 16.6. The molecule has 0 N–H and O–H groups in total. The highest BCUT2D eigenvalue weighted by molar-refractivity contribution is 8.14. The van der Waals surface area contributed by atoms with Crippen molar-refractivity contribution in [3.63, 3.8) is 0 Å². The van der Waals surface area contributed by atoms with Crippen LogP contribution in [0.4, 0.5) is 18.9 Å². The van der Waals surface area contributed by atoms with Gasteiger partial charge < -0.3 is 9.47 Å². The van der Waals surface area contributed by atoms with Crippen molar-refractivity contribution in [2.45, 2.75) is 44.4 Å². The number of non-ortho nitro benzene ring substituents is 1. The molecule has 30 heavy (non-hydrogen) atoms. The molecule has 0 saturated carbocycles. The number of alkyl halides is 1. The summed E-state index contributed by atoms with van der Waals surface area (Å²) < 4.78 is 53.2. The van der Waals surface area contributed by atoms with Crippen molar-refractivity contribution in [2.75, 3.05) is 19.0 Å². The fraction of sp³-hybridized carbons (Fsp3) is 0.579. The van der Waals surface area contributed by atoms with Gasteiger partial charge in [0.25, 0.3) is 5.69 Å². The maximum Gasteiger partial charge on any atom is 0.312 e. The van der Waals surface area contributed by atoms with E-state index in [4.69, 9.17) is 9.47 Å². The second-order valence-electron chi connectivity index (χ2n) is 8.16. The molecule has 11 heteroatoms. The molecule has 0 aliphatic carbocycles. The van der Waals surface area contributed by atoms with E-state index in [9.17, 15) is 28.1 Å². The van der Waals surface area contributed by atoms with Gasteiger partial charge in [0.05, 0.1) is 35.2 Å². The quantitative estimate of drug-likeness (QED) is 0.387. The van der Waals surface area contributed by atoms with Gasteiger partial charge in [-0.25, -0.2) is 13.2 Å². The van der Waals surface area contributed by atoms with Crippen LogP contribution < -0.4 is 0 Å². The number of esters is 1. The molecule has 1 aromatic rings. The van der Waals surface area contributed by atoms with Crippen molar-refractivity contribution < 1.29 is 32.4 Å². The second kappa shape index (κ2) is 8.18. The lowest BCUT2D eigenvalue weighted by Gasteiger charge is -2.36. The van der Waals surface area contributed by atoms with Gasteiger partial charge in [0.1, 0.15) is 17.8 Å². The van der Waals surface area contributed by atoms with Gasteiger partial charge in [-0.05, 0) is 20.8 Å². The first-order valence-corrected chi connectivity index (χ1v) is 10.2. The number of halogens is 3. The zero-order valence-corrected chi connectivity index (χ0v) is 17.4. The van der Waals surface area contributed by atoms with E-state index in [0.29, 0.717) is 6.07 Å². The topological polar surface area (TPSA) is 91.0 Å². The van der Waals surface area contributed by atoms with E-state index < -0.39 is 58.1 Å². The standard InChI is InChI=1S/C19H21F3N2O5S/c1-18(2,3)29-16(25)6-15-23-19(9-28-14(7-20)12(19)8-30-15)11-4-10(24(26)27)5-13(21)17(11)22/h4-5,12,14H,6-9H2,1-3H3/t12-,14-,19-/m1/s1. The number of benzene rings is 1. The van der Waals surface area contributed by atoms with Crippen molar-refractivity contribution in [2.24, 2.45) is 10.9 Å². The molecule has 2 aliphatic rings. The number of aliphatic imine (C=N–C) groups is 1. The van der Waals surface area contributed by atoms with Crippen LogP contribution in [-0.4, -0.2) is 46.7 Å². The van der Waals surface area contributed by atoms with Gasteiger partial charge in [0, 0.05) is 23.3 Å². The Morgan fingerprint density at radius 2 is 2.13 bits per heavy atom. The molecule has 3 rings (SSSR count). The normalized spacial score (nSPS) is 26.1. The average molecular weight is 446 g/mol. The summed E-state index contributed by atoms with van der Waals surface area (Å²) in [4.78, 5) is 27.0. The number of carbonyl (C=O) groups excluding carboxylic acids is 1. The van der Waals surface area contributed by atoms with Gasteiger partial charge in [-0.1, -0.05) is 0 Å². The molecule has 0 unspecified atom stereocenters. The Bertz CT molecular complexity index is 905. The van der Waals surface area contributed by atoms with Crippen LogP contribution >= 0.6 is 11.8 Å². The summed E-state index contributed by atoms with van der Waals surface area (Å²) in [5, 5.41) is 11.5. The molecule has 0 spiro atoms. The number of fused-ring (bicyclic) bond motifs is 1. The number of ether oxygens (including phenoxy) is 2. The number of rotatable bonds is 5. The first-order valence-electron chi connectivity index (χ1n) is 9.21. The lowest BCUT2D eigenvalue weighted by Crippen LogP contribution is -2.42.